The zero-order valence-corrected chi connectivity index (χ0v) is 11.9. The summed E-state index contributed by atoms with van der Waals surface area (Å²) < 4.78 is 5.66. The fourth-order valence-corrected chi connectivity index (χ4v) is 2.26. The number of nitrogens with zero attached hydrogens (tertiary/aromatic N) is 1. The molecule has 0 heterocycles. The SMILES string of the molecule is O=[N+]([O-])c1ccc(COc2cccc(Cl)c2CCl)cc1. The van der Waals surface area contributed by atoms with E-state index in [4.69, 9.17) is 27.9 Å². The number of benzene rings is 2. The molecule has 4 nitrogen and oxygen atoms in total. The van der Waals surface area contributed by atoms with Crippen LogP contribution in [-0.2, 0) is 12.5 Å². The summed E-state index contributed by atoms with van der Waals surface area (Å²) in [5.74, 6) is 0.876. The van der Waals surface area contributed by atoms with Gasteiger partial charge in [-0.2, -0.15) is 0 Å². The van der Waals surface area contributed by atoms with Crippen molar-refractivity contribution in [3.8, 4) is 5.75 Å². The van der Waals surface area contributed by atoms with E-state index in [-0.39, 0.29) is 11.6 Å². The summed E-state index contributed by atoms with van der Waals surface area (Å²) in [5, 5.41) is 11.1. The Hall–Kier alpha value is -1.78. The van der Waals surface area contributed by atoms with Crippen LogP contribution in [0, 0.1) is 10.1 Å². The van der Waals surface area contributed by atoms with Gasteiger partial charge >= 0.3 is 0 Å². The number of alkyl halides is 1. The molecule has 0 saturated carbocycles. The molecule has 0 aliphatic rings. The first kappa shape index (κ1) is 14.6. The lowest BCUT2D eigenvalue weighted by molar-refractivity contribution is -0.384. The van der Waals surface area contributed by atoms with Gasteiger partial charge in [-0.05, 0) is 29.8 Å². The molecule has 0 amide bonds. The molecule has 2 aromatic rings. The third kappa shape index (κ3) is 3.40. The van der Waals surface area contributed by atoms with Crippen molar-refractivity contribution < 1.29 is 9.66 Å². The molecule has 0 atom stereocenters. The Morgan fingerprint density at radius 2 is 1.85 bits per heavy atom. The summed E-state index contributed by atoms with van der Waals surface area (Å²) in [4.78, 5) is 10.1. The summed E-state index contributed by atoms with van der Waals surface area (Å²) in [6.07, 6.45) is 0. The third-order valence-corrected chi connectivity index (χ3v) is 3.37. The van der Waals surface area contributed by atoms with E-state index in [1.54, 1.807) is 30.3 Å². The van der Waals surface area contributed by atoms with E-state index in [9.17, 15) is 10.1 Å². The van der Waals surface area contributed by atoms with Gasteiger partial charge in [-0.1, -0.05) is 17.7 Å². The van der Waals surface area contributed by atoms with Crippen molar-refractivity contribution in [3.63, 3.8) is 0 Å². The van der Waals surface area contributed by atoms with E-state index in [2.05, 4.69) is 0 Å². The minimum Gasteiger partial charge on any atom is -0.489 e. The van der Waals surface area contributed by atoms with Crippen molar-refractivity contribution in [2.45, 2.75) is 12.5 Å². The van der Waals surface area contributed by atoms with Gasteiger partial charge in [-0.25, -0.2) is 0 Å². The Morgan fingerprint density at radius 1 is 1.15 bits per heavy atom. The van der Waals surface area contributed by atoms with Crippen LogP contribution < -0.4 is 4.74 Å². The standard InChI is InChI=1S/C14H11Cl2NO3/c15-8-12-13(16)2-1-3-14(12)20-9-10-4-6-11(7-5-10)17(18)19/h1-7H,8-9H2. The van der Waals surface area contributed by atoms with E-state index in [1.807, 2.05) is 0 Å². The molecule has 0 saturated heterocycles. The van der Waals surface area contributed by atoms with Crippen LogP contribution >= 0.6 is 23.2 Å². The first-order chi connectivity index (χ1) is 9.61. The Bertz CT molecular complexity index is 614. The van der Waals surface area contributed by atoms with E-state index in [0.29, 0.717) is 17.4 Å². The minimum absolute atomic E-state index is 0.0537. The highest BCUT2D eigenvalue weighted by molar-refractivity contribution is 6.32. The van der Waals surface area contributed by atoms with Crippen LogP contribution in [0.5, 0.6) is 5.75 Å². The third-order valence-electron chi connectivity index (χ3n) is 2.75. The topological polar surface area (TPSA) is 52.4 Å². The van der Waals surface area contributed by atoms with Gasteiger partial charge in [0.25, 0.3) is 5.69 Å². The number of rotatable bonds is 5. The molecule has 0 bridgehead atoms. The molecule has 0 unspecified atom stereocenters. The minimum atomic E-state index is -0.437. The predicted octanol–water partition coefficient (Wildman–Crippen LogP) is 4.57. The van der Waals surface area contributed by atoms with E-state index >= 15 is 0 Å². The van der Waals surface area contributed by atoms with Crippen LogP contribution in [0.15, 0.2) is 42.5 Å². The predicted molar refractivity (Wildman–Crippen MR) is 78.4 cm³/mol. The van der Waals surface area contributed by atoms with Gasteiger partial charge in [-0.15, -0.1) is 11.6 Å². The van der Waals surface area contributed by atoms with Crippen LogP contribution in [0.2, 0.25) is 5.02 Å². The second-order valence-corrected chi connectivity index (χ2v) is 4.74. The first-order valence-electron chi connectivity index (χ1n) is 5.81. The monoisotopic (exact) mass is 311 g/mol. The van der Waals surface area contributed by atoms with Crippen molar-refractivity contribution in [2.75, 3.05) is 0 Å². The zero-order chi connectivity index (χ0) is 14.5. The summed E-state index contributed by atoms with van der Waals surface area (Å²) >= 11 is 11.9. The van der Waals surface area contributed by atoms with Crippen molar-refractivity contribution in [1.82, 2.24) is 0 Å². The van der Waals surface area contributed by atoms with Crippen LogP contribution in [0.4, 0.5) is 5.69 Å². The van der Waals surface area contributed by atoms with Crippen molar-refractivity contribution >= 4 is 28.9 Å². The van der Waals surface area contributed by atoms with Crippen molar-refractivity contribution in [1.29, 1.82) is 0 Å². The van der Waals surface area contributed by atoms with Crippen LogP contribution in [0.25, 0.3) is 0 Å². The average molecular weight is 312 g/mol. The van der Waals surface area contributed by atoms with Crippen molar-refractivity contribution in [3.05, 3.63) is 68.7 Å². The lowest BCUT2D eigenvalue weighted by atomic mass is 10.2. The highest BCUT2D eigenvalue weighted by atomic mass is 35.5. The molecule has 6 heteroatoms. The maximum absolute atomic E-state index is 10.6. The number of non-ortho nitro benzene ring substituents is 1. The summed E-state index contributed by atoms with van der Waals surface area (Å²) in [7, 11) is 0. The second kappa shape index (κ2) is 6.59. The molecule has 0 radical (unpaired) electrons. The lowest BCUT2D eigenvalue weighted by Crippen LogP contribution is -1.98. The first-order valence-corrected chi connectivity index (χ1v) is 6.72. The number of nitro benzene ring substituents is 1. The maximum atomic E-state index is 10.6. The molecule has 0 N–H and O–H groups in total. The molecule has 0 fully saturated rings. The molecule has 0 aromatic heterocycles. The summed E-state index contributed by atoms with van der Waals surface area (Å²) in [5.41, 5.74) is 1.62. The molecule has 104 valence electrons. The molecule has 0 spiro atoms. The number of halogens is 2. The molecule has 2 rings (SSSR count). The molecule has 20 heavy (non-hydrogen) atoms. The fraction of sp³-hybridized carbons (Fsp3) is 0.143. The largest absolute Gasteiger partial charge is 0.489 e. The Kier molecular flexibility index (Phi) is 4.82. The summed E-state index contributed by atoms with van der Waals surface area (Å²) in [6.45, 7) is 0.294. The smallest absolute Gasteiger partial charge is 0.269 e. The molecular weight excluding hydrogens is 301 g/mol. The van der Waals surface area contributed by atoms with Crippen LogP contribution in [0.3, 0.4) is 0 Å². The van der Waals surface area contributed by atoms with Gasteiger partial charge in [0.05, 0.1) is 10.8 Å². The number of nitro groups is 1. The highest BCUT2D eigenvalue weighted by Gasteiger charge is 2.08. The Morgan fingerprint density at radius 3 is 2.45 bits per heavy atom. The maximum Gasteiger partial charge on any atom is 0.269 e. The molecule has 2 aromatic carbocycles. The van der Waals surface area contributed by atoms with E-state index < -0.39 is 4.92 Å². The number of ether oxygens (including phenoxy) is 1. The van der Waals surface area contributed by atoms with Crippen molar-refractivity contribution in [2.24, 2.45) is 0 Å². The van der Waals surface area contributed by atoms with Gasteiger partial charge < -0.3 is 4.74 Å². The van der Waals surface area contributed by atoms with E-state index in [1.165, 1.54) is 12.1 Å². The second-order valence-electron chi connectivity index (χ2n) is 4.06. The van der Waals surface area contributed by atoms with Gasteiger partial charge in [0.1, 0.15) is 12.4 Å². The Balaban J connectivity index is 2.09. The average Bonchev–Trinajstić information content (AvgIpc) is 2.45. The normalized spacial score (nSPS) is 10.3. The number of hydrogen-bond acceptors (Lipinski definition) is 3. The van der Waals surface area contributed by atoms with Gasteiger partial charge in [0.2, 0.25) is 0 Å². The highest BCUT2D eigenvalue weighted by Crippen LogP contribution is 2.28. The van der Waals surface area contributed by atoms with Crippen LogP contribution in [-0.4, -0.2) is 4.92 Å². The molecular formula is C14H11Cl2NO3. The summed E-state index contributed by atoms with van der Waals surface area (Å²) in [6, 6.07) is 11.5. The van der Waals surface area contributed by atoms with Gasteiger partial charge in [0, 0.05) is 22.7 Å². The fourth-order valence-electron chi connectivity index (χ4n) is 1.68. The zero-order valence-electron chi connectivity index (χ0n) is 10.4. The molecule has 0 aliphatic carbocycles. The van der Waals surface area contributed by atoms with Crippen LogP contribution in [0.1, 0.15) is 11.1 Å². The van der Waals surface area contributed by atoms with Gasteiger partial charge in [0.15, 0.2) is 0 Å². The quantitative estimate of drug-likeness (QED) is 0.462. The Labute approximate surface area is 126 Å². The van der Waals surface area contributed by atoms with E-state index in [0.717, 1.165) is 11.1 Å². The lowest BCUT2D eigenvalue weighted by Gasteiger charge is -2.11. The van der Waals surface area contributed by atoms with Gasteiger partial charge in [-0.3, -0.25) is 10.1 Å². The molecule has 0 aliphatic heterocycles. The number of hydrogen-bond donors (Lipinski definition) is 0.